The SMILES string of the molecule is CC(=O)Nc1ccc(Nc2nccc(-c3sc(N4C(=O)OCC4C)nc3C)n2)cc1. The van der Waals surface area contributed by atoms with Gasteiger partial charge in [0.25, 0.3) is 0 Å². The Morgan fingerprint density at radius 3 is 2.60 bits per heavy atom. The van der Waals surface area contributed by atoms with E-state index in [2.05, 4.69) is 25.6 Å². The molecule has 3 aromatic rings. The van der Waals surface area contributed by atoms with Gasteiger partial charge in [0, 0.05) is 24.5 Å². The maximum Gasteiger partial charge on any atom is 0.416 e. The van der Waals surface area contributed by atoms with E-state index in [0.717, 1.165) is 16.3 Å². The molecular formula is C20H20N6O3S. The zero-order valence-electron chi connectivity index (χ0n) is 16.7. The average molecular weight is 424 g/mol. The van der Waals surface area contributed by atoms with Crippen LogP contribution in [0.3, 0.4) is 0 Å². The first kappa shape index (κ1) is 19.8. The summed E-state index contributed by atoms with van der Waals surface area (Å²) in [7, 11) is 0. The van der Waals surface area contributed by atoms with Crippen molar-refractivity contribution in [2.24, 2.45) is 0 Å². The predicted octanol–water partition coefficient (Wildman–Crippen LogP) is 3.96. The van der Waals surface area contributed by atoms with Crippen LogP contribution in [-0.2, 0) is 9.53 Å². The van der Waals surface area contributed by atoms with E-state index in [4.69, 9.17) is 4.74 Å². The monoisotopic (exact) mass is 424 g/mol. The molecule has 0 spiro atoms. The van der Waals surface area contributed by atoms with E-state index >= 15 is 0 Å². The minimum Gasteiger partial charge on any atom is -0.447 e. The molecule has 0 bridgehead atoms. The highest BCUT2D eigenvalue weighted by Gasteiger charge is 2.33. The third-order valence-corrected chi connectivity index (χ3v) is 5.61. The van der Waals surface area contributed by atoms with Crippen molar-refractivity contribution in [3.63, 3.8) is 0 Å². The van der Waals surface area contributed by atoms with Crippen LogP contribution in [0.1, 0.15) is 19.5 Å². The number of hydrogen-bond acceptors (Lipinski definition) is 8. The molecule has 30 heavy (non-hydrogen) atoms. The van der Waals surface area contributed by atoms with Crippen molar-refractivity contribution in [2.75, 3.05) is 22.1 Å². The van der Waals surface area contributed by atoms with Crippen LogP contribution in [0, 0.1) is 6.92 Å². The highest BCUT2D eigenvalue weighted by atomic mass is 32.1. The minimum absolute atomic E-state index is 0.0565. The van der Waals surface area contributed by atoms with Crippen LogP contribution in [-0.4, -0.2) is 39.6 Å². The van der Waals surface area contributed by atoms with Gasteiger partial charge < -0.3 is 15.4 Å². The quantitative estimate of drug-likeness (QED) is 0.638. The molecule has 2 N–H and O–H groups in total. The van der Waals surface area contributed by atoms with Gasteiger partial charge in [-0.1, -0.05) is 11.3 Å². The minimum atomic E-state index is -0.379. The molecule has 1 unspecified atom stereocenters. The van der Waals surface area contributed by atoms with Crippen molar-refractivity contribution in [1.82, 2.24) is 15.0 Å². The Hall–Kier alpha value is -3.53. The number of anilines is 4. The van der Waals surface area contributed by atoms with Gasteiger partial charge in [-0.05, 0) is 44.2 Å². The molecule has 3 heterocycles. The van der Waals surface area contributed by atoms with Crippen LogP contribution < -0.4 is 15.5 Å². The Kier molecular flexibility index (Phi) is 5.32. The van der Waals surface area contributed by atoms with E-state index in [1.807, 2.05) is 26.0 Å². The number of benzene rings is 1. The van der Waals surface area contributed by atoms with Crippen molar-refractivity contribution in [3.8, 4) is 10.6 Å². The number of hydrogen-bond donors (Lipinski definition) is 2. The lowest BCUT2D eigenvalue weighted by Crippen LogP contribution is -2.30. The first-order valence-electron chi connectivity index (χ1n) is 9.32. The van der Waals surface area contributed by atoms with Gasteiger partial charge in [0.2, 0.25) is 11.9 Å². The van der Waals surface area contributed by atoms with Gasteiger partial charge in [-0.3, -0.25) is 4.79 Å². The lowest BCUT2D eigenvalue weighted by atomic mass is 10.2. The second-order valence-corrected chi connectivity index (χ2v) is 7.83. The van der Waals surface area contributed by atoms with E-state index in [-0.39, 0.29) is 18.0 Å². The summed E-state index contributed by atoms with van der Waals surface area (Å²) in [6.45, 7) is 5.63. The fourth-order valence-corrected chi connectivity index (χ4v) is 4.15. The molecule has 1 fully saturated rings. The van der Waals surface area contributed by atoms with Crippen molar-refractivity contribution < 1.29 is 14.3 Å². The number of rotatable bonds is 5. The smallest absolute Gasteiger partial charge is 0.416 e. The molecular weight excluding hydrogens is 404 g/mol. The zero-order valence-corrected chi connectivity index (χ0v) is 17.5. The molecule has 1 atom stereocenters. The molecule has 0 aliphatic carbocycles. The topological polar surface area (TPSA) is 109 Å². The molecule has 1 aromatic carbocycles. The Balaban J connectivity index is 1.55. The molecule has 2 aromatic heterocycles. The number of cyclic esters (lactones) is 1. The molecule has 10 heteroatoms. The number of nitrogens with one attached hydrogen (secondary N) is 2. The van der Waals surface area contributed by atoms with Gasteiger partial charge in [-0.25, -0.2) is 24.6 Å². The van der Waals surface area contributed by atoms with Crippen molar-refractivity contribution in [2.45, 2.75) is 26.8 Å². The fourth-order valence-electron chi connectivity index (χ4n) is 3.02. The van der Waals surface area contributed by atoms with Gasteiger partial charge in [0.05, 0.1) is 22.3 Å². The third-order valence-electron chi connectivity index (χ3n) is 4.43. The third kappa shape index (κ3) is 4.08. The van der Waals surface area contributed by atoms with E-state index < -0.39 is 0 Å². The summed E-state index contributed by atoms with van der Waals surface area (Å²) in [6.07, 6.45) is 1.29. The number of carbonyl (C=O) groups is 2. The highest BCUT2D eigenvalue weighted by molar-refractivity contribution is 7.19. The highest BCUT2D eigenvalue weighted by Crippen LogP contribution is 2.36. The van der Waals surface area contributed by atoms with Crippen LogP contribution in [0.2, 0.25) is 0 Å². The number of nitrogens with zero attached hydrogens (tertiary/aromatic N) is 4. The summed E-state index contributed by atoms with van der Waals surface area (Å²) in [4.78, 5) is 39.0. The molecule has 1 saturated heterocycles. The van der Waals surface area contributed by atoms with Gasteiger partial charge >= 0.3 is 6.09 Å². The first-order valence-corrected chi connectivity index (χ1v) is 10.1. The van der Waals surface area contributed by atoms with Crippen molar-refractivity contribution in [3.05, 3.63) is 42.2 Å². The number of aromatic nitrogens is 3. The molecule has 4 rings (SSSR count). The van der Waals surface area contributed by atoms with Crippen molar-refractivity contribution >= 4 is 45.8 Å². The van der Waals surface area contributed by atoms with Crippen LogP contribution in [0.4, 0.5) is 27.2 Å². The number of thiazole rings is 1. The predicted molar refractivity (Wildman–Crippen MR) is 115 cm³/mol. The lowest BCUT2D eigenvalue weighted by Gasteiger charge is -2.13. The normalized spacial score (nSPS) is 15.8. The second-order valence-electron chi connectivity index (χ2n) is 6.86. The molecule has 154 valence electrons. The molecule has 1 aliphatic heterocycles. The maximum atomic E-state index is 12.0. The van der Waals surface area contributed by atoms with Crippen molar-refractivity contribution in [1.29, 1.82) is 0 Å². The number of carbonyl (C=O) groups excluding carboxylic acids is 2. The van der Waals surface area contributed by atoms with E-state index in [1.54, 1.807) is 29.3 Å². The summed E-state index contributed by atoms with van der Waals surface area (Å²) in [5, 5.41) is 6.48. The molecule has 9 nitrogen and oxygen atoms in total. The summed E-state index contributed by atoms with van der Waals surface area (Å²) in [6, 6.07) is 9.00. The standard InChI is InChI=1S/C20H20N6O3S/c1-11-10-29-20(28)26(11)19-22-12(2)17(30-19)16-8-9-21-18(25-16)24-15-6-4-14(5-7-15)23-13(3)27/h4-9,11H,10H2,1-3H3,(H,23,27)(H,21,24,25). The van der Waals surface area contributed by atoms with E-state index in [1.165, 1.54) is 18.3 Å². The Labute approximate surface area is 177 Å². The number of amides is 2. The fraction of sp³-hybridized carbons (Fsp3) is 0.250. The molecule has 0 radical (unpaired) electrons. The van der Waals surface area contributed by atoms with E-state index in [9.17, 15) is 9.59 Å². The van der Waals surface area contributed by atoms with Gasteiger partial charge in [-0.15, -0.1) is 0 Å². The Morgan fingerprint density at radius 2 is 1.93 bits per heavy atom. The van der Waals surface area contributed by atoms with Gasteiger partial charge in [-0.2, -0.15) is 0 Å². The maximum absolute atomic E-state index is 12.0. The zero-order chi connectivity index (χ0) is 21.3. The largest absolute Gasteiger partial charge is 0.447 e. The molecule has 2 amide bonds. The van der Waals surface area contributed by atoms with Gasteiger partial charge in [0.15, 0.2) is 5.13 Å². The summed E-state index contributed by atoms with van der Waals surface area (Å²) < 4.78 is 5.10. The summed E-state index contributed by atoms with van der Waals surface area (Å²) >= 11 is 1.40. The molecule has 0 saturated carbocycles. The van der Waals surface area contributed by atoms with Crippen LogP contribution in [0.5, 0.6) is 0 Å². The number of ether oxygens (including phenoxy) is 1. The van der Waals surface area contributed by atoms with Crippen LogP contribution in [0.25, 0.3) is 10.6 Å². The average Bonchev–Trinajstić information content (AvgIpc) is 3.24. The number of aryl methyl sites for hydroxylation is 1. The summed E-state index contributed by atoms with van der Waals surface area (Å²) in [5.41, 5.74) is 3.00. The second kappa shape index (κ2) is 8.07. The van der Waals surface area contributed by atoms with E-state index in [0.29, 0.717) is 29.1 Å². The van der Waals surface area contributed by atoms with Gasteiger partial charge in [0.1, 0.15) is 6.61 Å². The lowest BCUT2D eigenvalue weighted by molar-refractivity contribution is -0.114. The summed E-state index contributed by atoms with van der Waals surface area (Å²) in [5.74, 6) is 0.311. The Bertz CT molecular complexity index is 1100. The molecule has 1 aliphatic rings. The van der Waals surface area contributed by atoms with Crippen LogP contribution in [0.15, 0.2) is 36.5 Å². The van der Waals surface area contributed by atoms with Crippen LogP contribution >= 0.6 is 11.3 Å². The Morgan fingerprint density at radius 1 is 1.20 bits per heavy atom. The first-order chi connectivity index (χ1) is 14.4.